The van der Waals surface area contributed by atoms with Gasteiger partial charge in [-0.2, -0.15) is 23.5 Å². The number of aromatic nitrogens is 2. The number of aryl methyl sites for hydroxylation is 1. The number of nitrogens with two attached hydrogens (primary N) is 1. The summed E-state index contributed by atoms with van der Waals surface area (Å²) in [5, 5.41) is 15.6. The first-order valence-corrected chi connectivity index (χ1v) is 6.31. The minimum absolute atomic E-state index is 0.0935. The van der Waals surface area contributed by atoms with E-state index < -0.39 is 12.6 Å². The van der Waals surface area contributed by atoms with Gasteiger partial charge in [-0.15, -0.1) is 0 Å². The average Bonchev–Trinajstić information content (AvgIpc) is 2.61. The molecule has 0 aliphatic carbocycles. The van der Waals surface area contributed by atoms with Gasteiger partial charge >= 0.3 is 6.18 Å². The monoisotopic (exact) mass is 289 g/mol. The number of halogens is 3. The van der Waals surface area contributed by atoms with Crippen LogP contribution in [0.5, 0.6) is 0 Å². The van der Waals surface area contributed by atoms with Gasteiger partial charge in [0.05, 0.1) is 6.42 Å². The minimum Gasteiger partial charge on any atom is -0.383 e. The Kier molecular flexibility index (Phi) is 5.25. The van der Waals surface area contributed by atoms with Gasteiger partial charge in [-0.3, -0.25) is 0 Å². The van der Waals surface area contributed by atoms with Crippen LogP contribution in [0.2, 0.25) is 0 Å². The summed E-state index contributed by atoms with van der Waals surface area (Å²) >= 11 is 0. The van der Waals surface area contributed by atoms with E-state index in [1.165, 1.54) is 4.68 Å². The van der Waals surface area contributed by atoms with E-state index in [2.05, 4.69) is 10.4 Å². The molecule has 0 saturated carbocycles. The predicted octanol–water partition coefficient (Wildman–Crippen LogP) is 2.75. The van der Waals surface area contributed by atoms with Crippen molar-refractivity contribution in [1.29, 1.82) is 5.26 Å². The van der Waals surface area contributed by atoms with E-state index in [-0.39, 0.29) is 23.7 Å². The predicted molar refractivity (Wildman–Crippen MR) is 70.0 cm³/mol. The molecular weight excluding hydrogens is 271 g/mol. The second-order valence-electron chi connectivity index (χ2n) is 4.92. The van der Waals surface area contributed by atoms with Gasteiger partial charge in [0.15, 0.2) is 5.82 Å². The van der Waals surface area contributed by atoms with Gasteiger partial charge in [-0.05, 0) is 12.3 Å². The third-order valence-corrected chi connectivity index (χ3v) is 2.72. The normalized spacial score (nSPS) is 11.7. The zero-order chi connectivity index (χ0) is 15.3. The lowest BCUT2D eigenvalue weighted by atomic mass is 10.1. The molecule has 0 radical (unpaired) electrons. The number of nitriles is 1. The fourth-order valence-corrected chi connectivity index (χ4v) is 1.58. The number of alkyl halides is 3. The van der Waals surface area contributed by atoms with E-state index in [1.807, 2.05) is 19.9 Å². The number of hydrogen-bond donors (Lipinski definition) is 2. The van der Waals surface area contributed by atoms with Crippen LogP contribution in [0.4, 0.5) is 24.8 Å². The van der Waals surface area contributed by atoms with Crippen molar-refractivity contribution in [2.75, 3.05) is 17.6 Å². The number of nitrogens with one attached hydrogen (secondary N) is 1. The topological polar surface area (TPSA) is 79.7 Å². The summed E-state index contributed by atoms with van der Waals surface area (Å²) in [7, 11) is 0. The molecule has 0 aliphatic heterocycles. The van der Waals surface area contributed by atoms with Crippen LogP contribution in [0, 0.1) is 17.2 Å². The van der Waals surface area contributed by atoms with Crippen LogP contribution in [0.25, 0.3) is 0 Å². The van der Waals surface area contributed by atoms with Crippen molar-refractivity contribution in [3.8, 4) is 6.07 Å². The quantitative estimate of drug-likeness (QED) is 0.844. The Morgan fingerprint density at radius 1 is 1.45 bits per heavy atom. The van der Waals surface area contributed by atoms with E-state index in [4.69, 9.17) is 11.0 Å². The molecule has 0 amide bonds. The molecule has 0 aliphatic rings. The van der Waals surface area contributed by atoms with Crippen molar-refractivity contribution in [3.63, 3.8) is 0 Å². The fraction of sp³-hybridized carbons (Fsp3) is 0.667. The Labute approximate surface area is 115 Å². The molecule has 3 N–H and O–H groups in total. The standard InChI is InChI=1S/C12H18F3N5/c1-8(2)3-6-20-10(17)9(7-16)11(19-20)18-5-4-12(13,14)15/h8H,3-6,17H2,1-2H3,(H,18,19). The zero-order valence-electron chi connectivity index (χ0n) is 11.5. The first-order valence-electron chi connectivity index (χ1n) is 6.31. The van der Waals surface area contributed by atoms with Crippen molar-refractivity contribution in [2.45, 2.75) is 39.4 Å². The highest BCUT2D eigenvalue weighted by atomic mass is 19.4. The number of hydrogen-bond acceptors (Lipinski definition) is 4. The molecule has 1 rings (SSSR count). The highest BCUT2D eigenvalue weighted by molar-refractivity contribution is 5.63. The van der Waals surface area contributed by atoms with Crippen LogP contribution in [0.15, 0.2) is 0 Å². The molecule has 5 nitrogen and oxygen atoms in total. The Bertz CT molecular complexity index is 485. The zero-order valence-corrected chi connectivity index (χ0v) is 11.5. The lowest BCUT2D eigenvalue weighted by Crippen LogP contribution is -2.15. The van der Waals surface area contributed by atoms with Crippen LogP contribution in [0.1, 0.15) is 32.3 Å². The molecule has 1 aromatic heterocycles. The van der Waals surface area contributed by atoms with Gasteiger partial charge in [0.2, 0.25) is 0 Å². The molecule has 0 spiro atoms. The Morgan fingerprint density at radius 2 is 2.10 bits per heavy atom. The summed E-state index contributed by atoms with van der Waals surface area (Å²) in [5.74, 6) is 0.728. The van der Waals surface area contributed by atoms with Crippen LogP contribution in [-0.4, -0.2) is 22.5 Å². The molecule has 0 fully saturated rings. The maximum Gasteiger partial charge on any atom is 0.390 e. The third kappa shape index (κ3) is 4.64. The molecule has 0 aromatic carbocycles. The summed E-state index contributed by atoms with van der Waals surface area (Å²) in [4.78, 5) is 0. The van der Waals surface area contributed by atoms with E-state index in [0.29, 0.717) is 12.5 Å². The smallest absolute Gasteiger partial charge is 0.383 e. The van der Waals surface area contributed by atoms with Crippen molar-refractivity contribution >= 4 is 11.6 Å². The van der Waals surface area contributed by atoms with E-state index in [1.54, 1.807) is 0 Å². The van der Waals surface area contributed by atoms with Crippen molar-refractivity contribution in [2.24, 2.45) is 5.92 Å². The SMILES string of the molecule is CC(C)CCn1nc(NCCC(F)(F)F)c(C#N)c1N. The fourth-order valence-electron chi connectivity index (χ4n) is 1.58. The second kappa shape index (κ2) is 6.50. The van der Waals surface area contributed by atoms with Gasteiger partial charge in [0, 0.05) is 13.1 Å². The molecule has 1 heterocycles. The Hall–Kier alpha value is -1.91. The van der Waals surface area contributed by atoms with E-state index >= 15 is 0 Å². The van der Waals surface area contributed by atoms with Crippen molar-refractivity contribution < 1.29 is 13.2 Å². The summed E-state index contributed by atoms with van der Waals surface area (Å²) in [6, 6.07) is 1.87. The molecule has 0 saturated heterocycles. The van der Waals surface area contributed by atoms with Gasteiger partial charge < -0.3 is 11.1 Å². The number of nitrogens with zero attached hydrogens (tertiary/aromatic N) is 3. The molecule has 20 heavy (non-hydrogen) atoms. The van der Waals surface area contributed by atoms with Crippen LogP contribution in [0.3, 0.4) is 0 Å². The van der Waals surface area contributed by atoms with Crippen LogP contribution in [-0.2, 0) is 6.54 Å². The van der Waals surface area contributed by atoms with Gasteiger partial charge in [-0.1, -0.05) is 13.8 Å². The highest BCUT2D eigenvalue weighted by Gasteiger charge is 2.26. The van der Waals surface area contributed by atoms with Crippen molar-refractivity contribution in [3.05, 3.63) is 5.56 Å². The Balaban J connectivity index is 2.76. The summed E-state index contributed by atoms with van der Waals surface area (Å²) in [6.07, 6.45) is -4.42. The summed E-state index contributed by atoms with van der Waals surface area (Å²) in [6.45, 7) is 4.26. The first kappa shape index (κ1) is 16.1. The molecule has 1 aromatic rings. The number of anilines is 2. The summed E-state index contributed by atoms with van der Waals surface area (Å²) in [5.41, 5.74) is 5.87. The maximum absolute atomic E-state index is 12.1. The van der Waals surface area contributed by atoms with E-state index in [9.17, 15) is 13.2 Å². The lowest BCUT2D eigenvalue weighted by molar-refractivity contribution is -0.131. The molecule has 8 heteroatoms. The largest absolute Gasteiger partial charge is 0.390 e. The average molecular weight is 289 g/mol. The first-order chi connectivity index (χ1) is 9.24. The highest BCUT2D eigenvalue weighted by Crippen LogP contribution is 2.23. The molecular formula is C12H18F3N5. The molecule has 0 bridgehead atoms. The lowest BCUT2D eigenvalue weighted by Gasteiger charge is -2.07. The van der Waals surface area contributed by atoms with Gasteiger partial charge in [0.25, 0.3) is 0 Å². The molecule has 0 atom stereocenters. The second-order valence-corrected chi connectivity index (χ2v) is 4.92. The maximum atomic E-state index is 12.1. The van der Waals surface area contributed by atoms with Crippen LogP contribution >= 0.6 is 0 Å². The van der Waals surface area contributed by atoms with Gasteiger partial charge in [0.1, 0.15) is 17.5 Å². The molecule has 0 unspecified atom stereocenters. The number of rotatable bonds is 6. The third-order valence-electron chi connectivity index (χ3n) is 2.72. The van der Waals surface area contributed by atoms with Gasteiger partial charge in [-0.25, -0.2) is 4.68 Å². The minimum atomic E-state index is -4.24. The van der Waals surface area contributed by atoms with Crippen LogP contribution < -0.4 is 11.1 Å². The van der Waals surface area contributed by atoms with E-state index in [0.717, 1.165) is 6.42 Å². The summed E-state index contributed by atoms with van der Waals surface area (Å²) < 4.78 is 37.7. The van der Waals surface area contributed by atoms with Crippen molar-refractivity contribution in [1.82, 2.24) is 9.78 Å². The molecule has 112 valence electrons. The number of nitrogen functional groups attached to an aromatic ring is 1. The Morgan fingerprint density at radius 3 is 2.60 bits per heavy atom.